The molecule has 0 radical (unpaired) electrons. The minimum Gasteiger partial charge on any atom is -0.489 e. The molecule has 30 heavy (non-hydrogen) atoms. The van der Waals surface area contributed by atoms with E-state index in [-0.39, 0.29) is 18.2 Å². The number of hydrogen-bond acceptors (Lipinski definition) is 4. The van der Waals surface area contributed by atoms with Gasteiger partial charge >= 0.3 is 0 Å². The number of ether oxygens (including phenoxy) is 1. The summed E-state index contributed by atoms with van der Waals surface area (Å²) < 4.78 is 32.6. The van der Waals surface area contributed by atoms with Crippen LogP contribution < -0.4 is 10.1 Å². The lowest BCUT2D eigenvalue weighted by Crippen LogP contribution is -2.44. The topological polar surface area (TPSA) is 75.7 Å². The maximum absolute atomic E-state index is 12.9. The summed E-state index contributed by atoms with van der Waals surface area (Å²) in [5.41, 5.74) is 1.24. The molecule has 1 atom stereocenters. The summed E-state index contributed by atoms with van der Waals surface area (Å²) in [5.74, 6) is -0.115. The van der Waals surface area contributed by atoms with Crippen LogP contribution in [0, 0.1) is 5.92 Å². The first-order chi connectivity index (χ1) is 14.4. The molecule has 0 aliphatic carbocycles. The number of carbonyl (C=O) groups excluding carboxylic acids is 1. The molecule has 6 nitrogen and oxygen atoms in total. The molecule has 2 aromatic rings. The van der Waals surface area contributed by atoms with E-state index >= 15 is 0 Å². The molecule has 0 saturated carbocycles. The van der Waals surface area contributed by atoms with Crippen LogP contribution in [-0.4, -0.2) is 38.3 Å². The van der Waals surface area contributed by atoms with Crippen LogP contribution in [0.25, 0.3) is 0 Å². The van der Waals surface area contributed by atoms with Crippen molar-refractivity contribution in [3.05, 3.63) is 71.8 Å². The maximum Gasteiger partial charge on any atom is 0.228 e. The van der Waals surface area contributed by atoms with Crippen LogP contribution in [0.1, 0.15) is 18.4 Å². The number of piperidine rings is 1. The number of nitrogens with one attached hydrogen (secondary N) is 1. The molecule has 1 N–H and O–H groups in total. The fraction of sp³-hybridized carbons (Fsp3) is 0.318. The van der Waals surface area contributed by atoms with Crippen LogP contribution in [0.5, 0.6) is 5.75 Å². The van der Waals surface area contributed by atoms with Crippen LogP contribution in [0.4, 0.5) is 5.69 Å². The molecule has 1 fully saturated rings. The second-order valence-electron chi connectivity index (χ2n) is 7.20. The van der Waals surface area contributed by atoms with Gasteiger partial charge in [-0.2, -0.15) is 0 Å². The van der Waals surface area contributed by atoms with Crippen LogP contribution in [0.2, 0.25) is 5.02 Å². The van der Waals surface area contributed by atoms with Gasteiger partial charge in [0.2, 0.25) is 15.9 Å². The van der Waals surface area contributed by atoms with E-state index in [0.29, 0.717) is 48.0 Å². The van der Waals surface area contributed by atoms with Gasteiger partial charge in [-0.3, -0.25) is 4.79 Å². The van der Waals surface area contributed by atoms with E-state index in [1.807, 2.05) is 0 Å². The number of rotatable bonds is 8. The Morgan fingerprint density at radius 1 is 1.27 bits per heavy atom. The number of sulfonamides is 1. The molecule has 160 valence electrons. The van der Waals surface area contributed by atoms with Crippen LogP contribution in [0.3, 0.4) is 0 Å². The van der Waals surface area contributed by atoms with Crippen LogP contribution in [-0.2, 0) is 20.6 Å². The van der Waals surface area contributed by atoms with Gasteiger partial charge in [-0.1, -0.05) is 42.5 Å². The number of carbonyl (C=O) groups is 1. The zero-order valence-electron chi connectivity index (χ0n) is 16.6. The fourth-order valence-corrected chi connectivity index (χ4v) is 5.21. The van der Waals surface area contributed by atoms with Gasteiger partial charge in [0.05, 0.1) is 11.7 Å². The van der Waals surface area contributed by atoms with Crippen molar-refractivity contribution in [2.75, 3.05) is 25.0 Å². The monoisotopic (exact) mass is 448 g/mol. The number of benzene rings is 2. The highest BCUT2D eigenvalue weighted by Gasteiger charge is 2.32. The molecule has 1 heterocycles. The highest BCUT2D eigenvalue weighted by atomic mass is 35.5. The minimum absolute atomic E-state index is 0.134. The SMILES string of the molecule is C=CCOc1cccc(NC(=O)[C@H]2CCCN(S(=O)(=O)Cc3cccc(Cl)c3)C2)c1. The standard InChI is InChI=1S/C22H25ClN2O4S/c1-2-12-29-21-10-4-9-20(14-21)24-22(26)18-7-5-11-25(15-18)30(27,28)16-17-6-3-8-19(23)13-17/h2-4,6,8-10,13-14,18H,1,5,7,11-12,15-16H2,(H,24,26)/t18-/m0/s1. The number of hydrogen-bond donors (Lipinski definition) is 1. The van der Waals surface area contributed by atoms with Crippen molar-refractivity contribution >= 4 is 33.2 Å². The number of halogens is 1. The summed E-state index contributed by atoms with van der Waals surface area (Å²) in [6.07, 6.45) is 2.92. The molecule has 0 unspecified atom stereocenters. The van der Waals surface area contributed by atoms with Gasteiger partial charge in [0.15, 0.2) is 0 Å². The fourth-order valence-electron chi connectivity index (χ4n) is 3.40. The van der Waals surface area contributed by atoms with Gasteiger partial charge in [0.1, 0.15) is 12.4 Å². The molecule has 1 amide bonds. The second kappa shape index (κ2) is 10.1. The Balaban J connectivity index is 1.63. The first-order valence-corrected chi connectivity index (χ1v) is 11.7. The summed E-state index contributed by atoms with van der Waals surface area (Å²) in [6.45, 7) is 4.57. The molecule has 8 heteroatoms. The van der Waals surface area contributed by atoms with Crippen molar-refractivity contribution in [3.63, 3.8) is 0 Å². The molecule has 1 aliphatic heterocycles. The normalized spacial score (nSPS) is 17.3. The van der Waals surface area contributed by atoms with Gasteiger partial charge in [0, 0.05) is 29.9 Å². The van der Waals surface area contributed by atoms with Gasteiger partial charge < -0.3 is 10.1 Å². The van der Waals surface area contributed by atoms with E-state index in [2.05, 4.69) is 11.9 Å². The first kappa shape index (κ1) is 22.3. The zero-order chi connectivity index (χ0) is 21.6. The van der Waals surface area contributed by atoms with Gasteiger partial charge in [0.25, 0.3) is 0 Å². The van der Waals surface area contributed by atoms with Crippen LogP contribution in [0.15, 0.2) is 61.2 Å². The number of amides is 1. The Hall–Kier alpha value is -2.35. The minimum atomic E-state index is -3.54. The smallest absolute Gasteiger partial charge is 0.228 e. The predicted molar refractivity (Wildman–Crippen MR) is 119 cm³/mol. The van der Waals surface area contributed by atoms with E-state index in [1.54, 1.807) is 54.6 Å². The van der Waals surface area contributed by atoms with Crippen molar-refractivity contribution in [3.8, 4) is 5.75 Å². The molecule has 1 saturated heterocycles. The summed E-state index contributed by atoms with van der Waals surface area (Å²) in [4.78, 5) is 12.8. The first-order valence-electron chi connectivity index (χ1n) is 9.74. The maximum atomic E-state index is 12.9. The zero-order valence-corrected chi connectivity index (χ0v) is 18.2. The van der Waals surface area contributed by atoms with E-state index in [4.69, 9.17) is 16.3 Å². The quantitative estimate of drug-likeness (QED) is 0.617. The summed E-state index contributed by atoms with van der Waals surface area (Å²) in [5, 5.41) is 3.37. The third kappa shape index (κ3) is 6.08. The largest absolute Gasteiger partial charge is 0.489 e. The average Bonchev–Trinajstić information content (AvgIpc) is 2.72. The summed E-state index contributed by atoms with van der Waals surface area (Å²) in [6, 6.07) is 13.9. The Bertz CT molecular complexity index is 1010. The molecule has 0 spiro atoms. The third-order valence-electron chi connectivity index (χ3n) is 4.86. The predicted octanol–water partition coefficient (Wildman–Crippen LogP) is 4.09. The lowest BCUT2D eigenvalue weighted by atomic mass is 9.98. The van der Waals surface area contributed by atoms with Crippen LogP contribution >= 0.6 is 11.6 Å². The molecule has 0 bridgehead atoms. The summed E-state index contributed by atoms with van der Waals surface area (Å²) in [7, 11) is -3.54. The third-order valence-corrected chi connectivity index (χ3v) is 6.91. The molecule has 1 aliphatic rings. The number of anilines is 1. The lowest BCUT2D eigenvalue weighted by Gasteiger charge is -2.31. The molecule has 2 aromatic carbocycles. The molecule has 3 rings (SSSR count). The second-order valence-corrected chi connectivity index (χ2v) is 9.61. The van der Waals surface area contributed by atoms with Gasteiger partial charge in [-0.15, -0.1) is 0 Å². The molecule has 0 aromatic heterocycles. The van der Waals surface area contributed by atoms with Crippen molar-refractivity contribution in [2.24, 2.45) is 5.92 Å². The van der Waals surface area contributed by atoms with Gasteiger partial charge in [-0.25, -0.2) is 12.7 Å². The van der Waals surface area contributed by atoms with E-state index in [1.165, 1.54) is 4.31 Å². The van der Waals surface area contributed by atoms with E-state index in [9.17, 15) is 13.2 Å². The van der Waals surface area contributed by atoms with Crippen molar-refractivity contribution in [1.82, 2.24) is 4.31 Å². The average molecular weight is 449 g/mol. The molecular weight excluding hydrogens is 424 g/mol. The highest BCUT2D eigenvalue weighted by molar-refractivity contribution is 7.88. The van der Waals surface area contributed by atoms with Crippen molar-refractivity contribution in [1.29, 1.82) is 0 Å². The Morgan fingerprint density at radius 3 is 2.83 bits per heavy atom. The molecular formula is C22H25ClN2O4S. The Labute approximate surface area is 182 Å². The summed E-state index contributed by atoms with van der Waals surface area (Å²) >= 11 is 5.97. The van der Waals surface area contributed by atoms with E-state index < -0.39 is 15.9 Å². The van der Waals surface area contributed by atoms with Crippen molar-refractivity contribution in [2.45, 2.75) is 18.6 Å². The van der Waals surface area contributed by atoms with Gasteiger partial charge in [-0.05, 0) is 42.7 Å². The van der Waals surface area contributed by atoms with E-state index in [0.717, 1.165) is 0 Å². The lowest BCUT2D eigenvalue weighted by molar-refractivity contribution is -0.120. The Kier molecular flexibility index (Phi) is 7.53. The highest BCUT2D eigenvalue weighted by Crippen LogP contribution is 2.24. The Morgan fingerprint density at radius 2 is 2.07 bits per heavy atom. The number of nitrogens with zero attached hydrogens (tertiary/aromatic N) is 1. The van der Waals surface area contributed by atoms with Crippen molar-refractivity contribution < 1.29 is 17.9 Å².